The van der Waals surface area contributed by atoms with Crippen LogP contribution in [0.15, 0.2) is 29.2 Å². The van der Waals surface area contributed by atoms with Crippen LogP contribution in [0.2, 0.25) is 0 Å². The maximum Gasteiger partial charge on any atom is 0.341 e. The van der Waals surface area contributed by atoms with Gasteiger partial charge in [-0.3, -0.25) is 0 Å². The highest BCUT2D eigenvalue weighted by Gasteiger charge is 2.29. The fourth-order valence-corrected chi connectivity index (χ4v) is 3.26. The normalized spacial score (nSPS) is 13.6. The summed E-state index contributed by atoms with van der Waals surface area (Å²) in [6.45, 7) is 4.92. The highest BCUT2D eigenvalue weighted by Crippen LogP contribution is 2.23. The maximum atomic E-state index is 12.8. The Morgan fingerprint density at radius 3 is 2.38 bits per heavy atom. The Hall–Kier alpha value is -1.01. The number of nitrogens with one attached hydrogen (secondary N) is 1. The second kappa shape index (κ2) is 8.44. The van der Waals surface area contributed by atoms with Gasteiger partial charge < -0.3 is 5.32 Å². The van der Waals surface area contributed by atoms with Gasteiger partial charge in [-0.2, -0.15) is 8.78 Å². The van der Waals surface area contributed by atoms with Gasteiger partial charge in [-0.15, -0.1) is 0 Å². The van der Waals surface area contributed by atoms with Crippen molar-refractivity contribution in [3.05, 3.63) is 29.8 Å². The SMILES string of the molecule is CCCNC(CCC)Cc1ccccc1S(=O)(=O)C(F)F. The van der Waals surface area contributed by atoms with Crippen molar-refractivity contribution in [3.63, 3.8) is 0 Å². The van der Waals surface area contributed by atoms with E-state index in [4.69, 9.17) is 0 Å². The summed E-state index contributed by atoms with van der Waals surface area (Å²) >= 11 is 0. The van der Waals surface area contributed by atoms with E-state index < -0.39 is 15.6 Å². The Bertz CT molecular complexity index is 532. The molecule has 0 aliphatic carbocycles. The largest absolute Gasteiger partial charge is 0.341 e. The first-order chi connectivity index (χ1) is 9.93. The Balaban J connectivity index is 3.02. The number of alkyl halides is 2. The molecule has 0 bridgehead atoms. The van der Waals surface area contributed by atoms with Crippen molar-refractivity contribution < 1.29 is 17.2 Å². The molecule has 1 aromatic carbocycles. The lowest BCUT2D eigenvalue weighted by molar-refractivity contribution is 0.234. The molecule has 0 saturated carbocycles. The number of sulfone groups is 1. The summed E-state index contributed by atoms with van der Waals surface area (Å²) < 4.78 is 49.0. The summed E-state index contributed by atoms with van der Waals surface area (Å²) in [5.74, 6) is -3.38. The first-order valence-corrected chi connectivity index (χ1v) is 8.81. The van der Waals surface area contributed by atoms with Crippen LogP contribution in [-0.2, 0) is 16.3 Å². The van der Waals surface area contributed by atoms with Crippen LogP contribution in [0.25, 0.3) is 0 Å². The molecule has 0 aliphatic heterocycles. The molecule has 0 saturated heterocycles. The Morgan fingerprint density at radius 2 is 1.81 bits per heavy atom. The molecule has 1 N–H and O–H groups in total. The highest BCUT2D eigenvalue weighted by atomic mass is 32.2. The maximum absolute atomic E-state index is 12.8. The van der Waals surface area contributed by atoms with Crippen LogP contribution in [0.4, 0.5) is 8.78 Å². The second-order valence-corrected chi connectivity index (χ2v) is 6.94. The quantitative estimate of drug-likeness (QED) is 0.759. The Morgan fingerprint density at radius 1 is 1.14 bits per heavy atom. The number of hydrogen-bond acceptors (Lipinski definition) is 3. The van der Waals surface area contributed by atoms with Crippen molar-refractivity contribution in [3.8, 4) is 0 Å². The van der Waals surface area contributed by atoms with Crippen LogP contribution in [0.1, 0.15) is 38.7 Å². The molecular formula is C15H23F2NO2S. The molecule has 3 nitrogen and oxygen atoms in total. The molecule has 0 fully saturated rings. The van der Waals surface area contributed by atoms with Crippen molar-refractivity contribution in [2.45, 2.75) is 56.2 Å². The average Bonchev–Trinajstić information content (AvgIpc) is 2.45. The van der Waals surface area contributed by atoms with Crippen LogP contribution in [0, 0.1) is 0 Å². The topological polar surface area (TPSA) is 46.2 Å². The van der Waals surface area contributed by atoms with Gasteiger partial charge in [0.2, 0.25) is 9.84 Å². The van der Waals surface area contributed by atoms with Gasteiger partial charge in [0.05, 0.1) is 4.90 Å². The van der Waals surface area contributed by atoms with Gasteiger partial charge in [0.15, 0.2) is 0 Å². The van der Waals surface area contributed by atoms with Gasteiger partial charge in [0.1, 0.15) is 0 Å². The lowest BCUT2D eigenvalue weighted by Gasteiger charge is -2.19. The molecule has 6 heteroatoms. The average molecular weight is 319 g/mol. The first-order valence-electron chi connectivity index (χ1n) is 7.26. The zero-order chi connectivity index (χ0) is 15.9. The van der Waals surface area contributed by atoms with Gasteiger partial charge in [-0.05, 0) is 37.4 Å². The summed E-state index contributed by atoms with van der Waals surface area (Å²) in [4.78, 5) is -0.251. The van der Waals surface area contributed by atoms with Crippen LogP contribution in [-0.4, -0.2) is 26.8 Å². The fourth-order valence-electron chi connectivity index (χ4n) is 2.28. The molecular weight excluding hydrogens is 296 g/mol. The molecule has 0 spiro atoms. The van der Waals surface area contributed by atoms with E-state index in [1.807, 2.05) is 13.8 Å². The number of halogens is 2. The lowest BCUT2D eigenvalue weighted by Crippen LogP contribution is -2.32. The molecule has 0 aromatic heterocycles. The molecule has 21 heavy (non-hydrogen) atoms. The molecule has 0 amide bonds. The van der Waals surface area contributed by atoms with E-state index in [0.29, 0.717) is 12.0 Å². The van der Waals surface area contributed by atoms with Gasteiger partial charge in [-0.1, -0.05) is 38.5 Å². The zero-order valence-electron chi connectivity index (χ0n) is 12.5. The Kier molecular flexibility index (Phi) is 7.25. The summed E-state index contributed by atoms with van der Waals surface area (Å²) in [5, 5.41) is 3.34. The van der Waals surface area contributed by atoms with E-state index in [-0.39, 0.29) is 10.9 Å². The van der Waals surface area contributed by atoms with Crippen LogP contribution < -0.4 is 5.32 Å². The van der Waals surface area contributed by atoms with E-state index in [1.165, 1.54) is 12.1 Å². The number of hydrogen-bond donors (Lipinski definition) is 1. The third-order valence-corrected chi connectivity index (χ3v) is 4.78. The van der Waals surface area contributed by atoms with E-state index in [1.54, 1.807) is 12.1 Å². The molecule has 1 unspecified atom stereocenters. The second-order valence-electron chi connectivity index (χ2n) is 5.06. The van der Waals surface area contributed by atoms with Gasteiger partial charge in [-0.25, -0.2) is 8.42 Å². The third-order valence-electron chi connectivity index (χ3n) is 3.30. The predicted molar refractivity (Wildman–Crippen MR) is 80.3 cm³/mol. The smallest absolute Gasteiger partial charge is 0.314 e. The van der Waals surface area contributed by atoms with Gasteiger partial charge in [0, 0.05) is 6.04 Å². The van der Waals surface area contributed by atoms with E-state index in [9.17, 15) is 17.2 Å². The van der Waals surface area contributed by atoms with Crippen molar-refractivity contribution in [1.82, 2.24) is 5.32 Å². The monoisotopic (exact) mass is 319 g/mol. The summed E-state index contributed by atoms with van der Waals surface area (Å²) in [7, 11) is -4.55. The predicted octanol–water partition coefficient (Wildman–Crippen LogP) is 3.39. The minimum Gasteiger partial charge on any atom is -0.314 e. The molecule has 1 rings (SSSR count). The first kappa shape index (κ1) is 18.0. The van der Waals surface area contributed by atoms with Crippen LogP contribution in [0.5, 0.6) is 0 Å². The minimum absolute atomic E-state index is 0.101. The number of rotatable bonds is 9. The molecule has 120 valence electrons. The zero-order valence-corrected chi connectivity index (χ0v) is 13.3. The molecule has 1 aromatic rings. The summed E-state index contributed by atoms with van der Waals surface area (Å²) in [6.07, 6.45) is 3.24. The van der Waals surface area contributed by atoms with Crippen molar-refractivity contribution >= 4 is 9.84 Å². The van der Waals surface area contributed by atoms with Crippen molar-refractivity contribution in [1.29, 1.82) is 0 Å². The molecule has 0 radical (unpaired) electrons. The van der Waals surface area contributed by atoms with E-state index in [2.05, 4.69) is 5.32 Å². The highest BCUT2D eigenvalue weighted by molar-refractivity contribution is 7.91. The van der Waals surface area contributed by atoms with Gasteiger partial charge >= 0.3 is 5.76 Å². The number of benzene rings is 1. The van der Waals surface area contributed by atoms with Gasteiger partial charge in [0.25, 0.3) is 0 Å². The summed E-state index contributed by atoms with van der Waals surface area (Å²) in [5.41, 5.74) is 0.458. The van der Waals surface area contributed by atoms with E-state index >= 15 is 0 Å². The molecule has 1 atom stereocenters. The molecule has 0 heterocycles. The van der Waals surface area contributed by atoms with Crippen molar-refractivity contribution in [2.75, 3.05) is 6.54 Å². The van der Waals surface area contributed by atoms with Crippen LogP contribution >= 0.6 is 0 Å². The lowest BCUT2D eigenvalue weighted by atomic mass is 10.0. The minimum atomic E-state index is -4.55. The summed E-state index contributed by atoms with van der Waals surface area (Å²) in [6, 6.07) is 6.14. The van der Waals surface area contributed by atoms with Crippen molar-refractivity contribution in [2.24, 2.45) is 0 Å². The van der Waals surface area contributed by atoms with E-state index in [0.717, 1.165) is 25.8 Å². The Labute approximate surface area is 125 Å². The molecule has 0 aliphatic rings. The standard InChI is InChI=1S/C15H23F2NO2S/c1-3-7-13(18-10-4-2)11-12-8-5-6-9-14(12)21(19,20)15(16)17/h5-6,8-9,13,15,18H,3-4,7,10-11H2,1-2H3. The van der Waals surface area contributed by atoms with Crippen LogP contribution in [0.3, 0.4) is 0 Å². The fraction of sp³-hybridized carbons (Fsp3) is 0.600. The third kappa shape index (κ3) is 5.04.